The summed E-state index contributed by atoms with van der Waals surface area (Å²) in [6.45, 7) is 0.876. The molecular formula is C9H13NOS. The summed E-state index contributed by atoms with van der Waals surface area (Å²) in [4.78, 5) is 10.9. The molecule has 1 amide bonds. The lowest BCUT2D eigenvalue weighted by molar-refractivity contribution is -0.122. The molecule has 0 spiro atoms. The van der Waals surface area contributed by atoms with Crippen LogP contribution in [0, 0.1) is 5.92 Å². The maximum absolute atomic E-state index is 10.9. The Morgan fingerprint density at radius 3 is 3.08 bits per heavy atom. The predicted molar refractivity (Wildman–Crippen MR) is 51.1 cm³/mol. The number of thioether (sulfide) groups is 1. The van der Waals surface area contributed by atoms with Crippen LogP contribution in [0.15, 0.2) is 12.2 Å². The summed E-state index contributed by atoms with van der Waals surface area (Å²) in [6.07, 6.45) is 6.29. The molecule has 1 N–H and O–H groups in total. The second-order valence-electron chi connectivity index (χ2n) is 3.33. The maximum Gasteiger partial charge on any atom is 0.220 e. The summed E-state index contributed by atoms with van der Waals surface area (Å²) in [5.74, 6) is 2.04. The number of hydrogen-bond acceptors (Lipinski definition) is 2. The van der Waals surface area contributed by atoms with Gasteiger partial charge in [0.05, 0.1) is 0 Å². The Balaban J connectivity index is 1.88. The SMILES string of the molecule is O=C1CCC(C2C=CCS2)CN1. The van der Waals surface area contributed by atoms with E-state index in [0.29, 0.717) is 11.2 Å². The van der Waals surface area contributed by atoms with Gasteiger partial charge in [-0.2, -0.15) is 0 Å². The third-order valence-electron chi connectivity index (χ3n) is 2.48. The first kappa shape index (κ1) is 8.17. The molecule has 2 unspecified atom stereocenters. The number of carbonyl (C=O) groups is 1. The van der Waals surface area contributed by atoms with E-state index in [9.17, 15) is 4.79 Å². The number of amides is 1. The van der Waals surface area contributed by atoms with Crippen LogP contribution in [-0.4, -0.2) is 23.5 Å². The summed E-state index contributed by atoms with van der Waals surface area (Å²) in [5, 5.41) is 3.58. The van der Waals surface area contributed by atoms with E-state index < -0.39 is 0 Å². The van der Waals surface area contributed by atoms with E-state index in [2.05, 4.69) is 17.5 Å². The highest BCUT2D eigenvalue weighted by Gasteiger charge is 2.26. The van der Waals surface area contributed by atoms with Crippen LogP contribution < -0.4 is 5.32 Å². The van der Waals surface area contributed by atoms with Crippen molar-refractivity contribution in [2.75, 3.05) is 12.3 Å². The van der Waals surface area contributed by atoms with Crippen LogP contribution in [0.4, 0.5) is 0 Å². The third-order valence-corrected chi connectivity index (χ3v) is 3.79. The lowest BCUT2D eigenvalue weighted by Gasteiger charge is -2.26. The summed E-state index contributed by atoms with van der Waals surface area (Å²) < 4.78 is 0. The molecule has 2 aliphatic rings. The van der Waals surface area contributed by atoms with Crippen molar-refractivity contribution < 1.29 is 4.79 Å². The highest BCUT2D eigenvalue weighted by Crippen LogP contribution is 2.30. The monoisotopic (exact) mass is 183 g/mol. The fraction of sp³-hybridized carbons (Fsp3) is 0.667. The smallest absolute Gasteiger partial charge is 0.220 e. The van der Waals surface area contributed by atoms with Gasteiger partial charge < -0.3 is 5.32 Å². The van der Waals surface area contributed by atoms with Gasteiger partial charge in [-0.25, -0.2) is 0 Å². The zero-order valence-electron chi connectivity index (χ0n) is 6.95. The standard InChI is InChI=1S/C9H13NOS/c11-9-4-3-7(6-10-9)8-2-1-5-12-8/h1-2,7-8H,3-6H2,(H,10,11). The van der Waals surface area contributed by atoms with Crippen molar-refractivity contribution in [2.45, 2.75) is 18.1 Å². The molecule has 66 valence electrons. The molecule has 0 aromatic heterocycles. The van der Waals surface area contributed by atoms with Crippen molar-refractivity contribution >= 4 is 17.7 Å². The molecule has 0 saturated carbocycles. The van der Waals surface area contributed by atoms with Crippen LogP contribution in [0.2, 0.25) is 0 Å². The Hall–Kier alpha value is -0.440. The van der Waals surface area contributed by atoms with E-state index in [1.807, 2.05) is 11.8 Å². The van der Waals surface area contributed by atoms with E-state index in [1.165, 1.54) is 0 Å². The minimum absolute atomic E-state index is 0.221. The van der Waals surface area contributed by atoms with E-state index in [0.717, 1.165) is 25.1 Å². The molecule has 2 atom stereocenters. The van der Waals surface area contributed by atoms with Gasteiger partial charge in [0.2, 0.25) is 5.91 Å². The van der Waals surface area contributed by atoms with Crippen LogP contribution in [0.5, 0.6) is 0 Å². The number of nitrogens with one attached hydrogen (secondary N) is 1. The lowest BCUT2D eigenvalue weighted by atomic mass is 9.95. The van der Waals surface area contributed by atoms with Crippen LogP contribution in [0.1, 0.15) is 12.8 Å². The molecule has 0 bridgehead atoms. The van der Waals surface area contributed by atoms with Gasteiger partial charge in [0.1, 0.15) is 0 Å². The molecule has 2 heterocycles. The zero-order chi connectivity index (χ0) is 8.39. The minimum atomic E-state index is 0.221. The Bertz CT molecular complexity index is 205. The number of rotatable bonds is 1. The molecule has 0 aromatic rings. The fourth-order valence-electron chi connectivity index (χ4n) is 1.74. The Morgan fingerprint density at radius 1 is 1.58 bits per heavy atom. The van der Waals surface area contributed by atoms with Gasteiger partial charge in [0, 0.05) is 24.0 Å². The average Bonchev–Trinajstić information content (AvgIpc) is 2.58. The normalized spacial score (nSPS) is 35.2. The van der Waals surface area contributed by atoms with Crippen molar-refractivity contribution in [3.8, 4) is 0 Å². The van der Waals surface area contributed by atoms with Crippen LogP contribution in [0.3, 0.4) is 0 Å². The van der Waals surface area contributed by atoms with Gasteiger partial charge in [-0.3, -0.25) is 4.79 Å². The Labute approximate surface area is 76.8 Å². The van der Waals surface area contributed by atoms with Gasteiger partial charge in [-0.05, 0) is 12.3 Å². The third kappa shape index (κ3) is 1.66. The van der Waals surface area contributed by atoms with Crippen LogP contribution in [0.25, 0.3) is 0 Å². The molecule has 3 heteroatoms. The summed E-state index contributed by atoms with van der Waals surface area (Å²) in [6, 6.07) is 0. The van der Waals surface area contributed by atoms with E-state index in [-0.39, 0.29) is 5.91 Å². The van der Waals surface area contributed by atoms with Crippen molar-refractivity contribution in [3.05, 3.63) is 12.2 Å². The van der Waals surface area contributed by atoms with Gasteiger partial charge in [-0.1, -0.05) is 12.2 Å². The topological polar surface area (TPSA) is 29.1 Å². The van der Waals surface area contributed by atoms with Gasteiger partial charge in [0.25, 0.3) is 0 Å². The number of hydrogen-bond donors (Lipinski definition) is 1. The largest absolute Gasteiger partial charge is 0.356 e. The summed E-state index contributed by atoms with van der Waals surface area (Å²) >= 11 is 1.99. The van der Waals surface area contributed by atoms with Crippen molar-refractivity contribution in [3.63, 3.8) is 0 Å². The number of carbonyl (C=O) groups excluding carboxylic acids is 1. The zero-order valence-corrected chi connectivity index (χ0v) is 7.77. The fourth-order valence-corrected chi connectivity index (χ4v) is 2.91. The van der Waals surface area contributed by atoms with E-state index in [4.69, 9.17) is 0 Å². The minimum Gasteiger partial charge on any atom is -0.356 e. The first-order valence-electron chi connectivity index (χ1n) is 4.41. The van der Waals surface area contributed by atoms with Crippen molar-refractivity contribution in [1.82, 2.24) is 5.32 Å². The van der Waals surface area contributed by atoms with Gasteiger partial charge >= 0.3 is 0 Å². The molecule has 0 aromatic carbocycles. The molecular weight excluding hydrogens is 170 g/mol. The first-order chi connectivity index (χ1) is 5.86. The van der Waals surface area contributed by atoms with Gasteiger partial charge in [0.15, 0.2) is 0 Å². The van der Waals surface area contributed by atoms with E-state index >= 15 is 0 Å². The summed E-state index contributed by atoms with van der Waals surface area (Å²) in [7, 11) is 0. The van der Waals surface area contributed by atoms with Crippen LogP contribution >= 0.6 is 11.8 Å². The second kappa shape index (κ2) is 3.52. The predicted octanol–water partition coefficient (Wildman–Crippen LogP) is 1.18. The van der Waals surface area contributed by atoms with Crippen molar-refractivity contribution in [2.24, 2.45) is 5.92 Å². The van der Waals surface area contributed by atoms with Crippen molar-refractivity contribution in [1.29, 1.82) is 0 Å². The molecule has 12 heavy (non-hydrogen) atoms. The lowest BCUT2D eigenvalue weighted by Crippen LogP contribution is -2.38. The first-order valence-corrected chi connectivity index (χ1v) is 5.46. The molecule has 2 nitrogen and oxygen atoms in total. The summed E-state index contributed by atoms with van der Waals surface area (Å²) in [5.41, 5.74) is 0. The molecule has 1 fully saturated rings. The highest BCUT2D eigenvalue weighted by molar-refractivity contribution is 8.00. The molecule has 2 aliphatic heterocycles. The Kier molecular flexibility index (Phi) is 2.40. The molecule has 0 radical (unpaired) electrons. The Morgan fingerprint density at radius 2 is 2.50 bits per heavy atom. The van der Waals surface area contributed by atoms with Gasteiger partial charge in [-0.15, -0.1) is 11.8 Å². The second-order valence-corrected chi connectivity index (χ2v) is 4.54. The van der Waals surface area contributed by atoms with Crippen LogP contribution in [-0.2, 0) is 4.79 Å². The number of piperidine rings is 1. The maximum atomic E-state index is 10.9. The average molecular weight is 183 g/mol. The molecule has 2 rings (SSSR count). The molecule has 0 aliphatic carbocycles. The quantitative estimate of drug-likeness (QED) is 0.619. The van der Waals surface area contributed by atoms with E-state index in [1.54, 1.807) is 0 Å². The highest BCUT2D eigenvalue weighted by atomic mass is 32.2. The molecule has 1 saturated heterocycles.